The van der Waals surface area contributed by atoms with Gasteiger partial charge in [-0.2, -0.15) is 5.10 Å². The number of carbonyl (C=O) groups is 1. The van der Waals surface area contributed by atoms with Gasteiger partial charge in [0.2, 0.25) is 0 Å². The molecule has 1 aromatic carbocycles. The molecule has 0 aliphatic carbocycles. The zero-order chi connectivity index (χ0) is 14.9. The van der Waals surface area contributed by atoms with Crippen molar-refractivity contribution in [3.63, 3.8) is 0 Å². The largest absolute Gasteiger partial charge is 0.478 e. The van der Waals surface area contributed by atoms with Crippen LogP contribution in [0.15, 0.2) is 24.3 Å². The maximum atomic E-state index is 11.5. The van der Waals surface area contributed by atoms with Crippen molar-refractivity contribution in [2.45, 2.75) is 20.8 Å². The van der Waals surface area contributed by atoms with Gasteiger partial charge in [-0.05, 0) is 44.0 Å². The standard InChI is InChI=1S/C15H17N3O2/c1-9-6-5-7-12(8-9)18(4)14-13(15(19)20)10(2)11(3)16-17-14/h5-8H,1-4H3,(H,19,20). The van der Waals surface area contributed by atoms with Crippen LogP contribution in [0.1, 0.15) is 27.2 Å². The summed E-state index contributed by atoms with van der Waals surface area (Å²) in [5.41, 5.74) is 3.44. The minimum Gasteiger partial charge on any atom is -0.478 e. The van der Waals surface area contributed by atoms with Crippen molar-refractivity contribution in [2.24, 2.45) is 0 Å². The maximum Gasteiger partial charge on any atom is 0.339 e. The lowest BCUT2D eigenvalue weighted by Crippen LogP contribution is -2.18. The van der Waals surface area contributed by atoms with Crippen molar-refractivity contribution in [1.82, 2.24) is 10.2 Å². The Morgan fingerprint density at radius 2 is 1.90 bits per heavy atom. The Bertz CT molecular complexity index is 668. The van der Waals surface area contributed by atoms with Gasteiger partial charge in [-0.25, -0.2) is 4.79 Å². The van der Waals surface area contributed by atoms with E-state index in [-0.39, 0.29) is 5.56 Å². The Labute approximate surface area is 117 Å². The summed E-state index contributed by atoms with van der Waals surface area (Å²) in [6.07, 6.45) is 0. The molecule has 104 valence electrons. The van der Waals surface area contributed by atoms with E-state index in [1.54, 1.807) is 25.8 Å². The monoisotopic (exact) mass is 271 g/mol. The van der Waals surface area contributed by atoms with Crippen LogP contribution in [0.2, 0.25) is 0 Å². The number of aromatic nitrogens is 2. The summed E-state index contributed by atoms with van der Waals surface area (Å²) in [6, 6.07) is 7.80. The van der Waals surface area contributed by atoms with E-state index in [9.17, 15) is 9.90 Å². The molecule has 5 heteroatoms. The van der Waals surface area contributed by atoms with Crippen LogP contribution in [0.3, 0.4) is 0 Å². The van der Waals surface area contributed by atoms with Crippen LogP contribution in [0, 0.1) is 20.8 Å². The molecule has 0 spiro atoms. The average Bonchev–Trinajstić information content (AvgIpc) is 2.40. The van der Waals surface area contributed by atoms with Crippen LogP contribution in [0.5, 0.6) is 0 Å². The SMILES string of the molecule is Cc1cccc(N(C)c2nnc(C)c(C)c2C(=O)O)c1. The molecule has 1 aromatic heterocycles. The molecule has 2 aromatic rings. The number of rotatable bonds is 3. The van der Waals surface area contributed by atoms with Gasteiger partial charge in [0.05, 0.1) is 5.69 Å². The zero-order valence-corrected chi connectivity index (χ0v) is 12.0. The first-order chi connectivity index (χ1) is 9.41. The number of nitrogens with zero attached hydrogens (tertiary/aromatic N) is 3. The van der Waals surface area contributed by atoms with Gasteiger partial charge in [0.1, 0.15) is 5.56 Å². The zero-order valence-electron chi connectivity index (χ0n) is 12.0. The van der Waals surface area contributed by atoms with E-state index in [0.717, 1.165) is 11.3 Å². The Morgan fingerprint density at radius 1 is 1.20 bits per heavy atom. The lowest BCUT2D eigenvalue weighted by molar-refractivity contribution is 0.0696. The fourth-order valence-corrected chi connectivity index (χ4v) is 2.05. The van der Waals surface area contributed by atoms with Crippen molar-refractivity contribution in [3.05, 3.63) is 46.6 Å². The summed E-state index contributed by atoms with van der Waals surface area (Å²) < 4.78 is 0. The van der Waals surface area contributed by atoms with Gasteiger partial charge < -0.3 is 10.0 Å². The molecule has 0 atom stereocenters. The molecule has 0 bridgehead atoms. The van der Waals surface area contributed by atoms with Crippen molar-refractivity contribution >= 4 is 17.5 Å². The van der Waals surface area contributed by atoms with E-state index in [2.05, 4.69) is 10.2 Å². The summed E-state index contributed by atoms with van der Waals surface area (Å²) in [7, 11) is 1.79. The Balaban J connectivity index is 2.58. The van der Waals surface area contributed by atoms with Gasteiger partial charge in [0.15, 0.2) is 5.82 Å². The molecular weight excluding hydrogens is 254 g/mol. The van der Waals surface area contributed by atoms with Crippen LogP contribution < -0.4 is 4.90 Å². The molecule has 0 saturated heterocycles. The van der Waals surface area contributed by atoms with Gasteiger partial charge in [-0.15, -0.1) is 5.10 Å². The topological polar surface area (TPSA) is 66.3 Å². The van der Waals surface area contributed by atoms with Gasteiger partial charge >= 0.3 is 5.97 Å². The normalized spacial score (nSPS) is 10.4. The number of anilines is 2. The molecule has 1 heterocycles. The molecule has 0 fully saturated rings. The predicted molar refractivity (Wildman–Crippen MR) is 77.7 cm³/mol. The van der Waals surface area contributed by atoms with E-state index in [1.807, 2.05) is 31.2 Å². The summed E-state index contributed by atoms with van der Waals surface area (Å²) >= 11 is 0. The first-order valence-electron chi connectivity index (χ1n) is 6.29. The number of aromatic carboxylic acids is 1. The molecule has 0 unspecified atom stereocenters. The van der Waals surface area contributed by atoms with Gasteiger partial charge in [-0.1, -0.05) is 12.1 Å². The van der Waals surface area contributed by atoms with Crippen LogP contribution in [-0.4, -0.2) is 28.3 Å². The average molecular weight is 271 g/mol. The molecule has 2 rings (SSSR count). The Morgan fingerprint density at radius 3 is 2.50 bits per heavy atom. The lowest BCUT2D eigenvalue weighted by atomic mass is 10.1. The van der Waals surface area contributed by atoms with Crippen molar-refractivity contribution in [1.29, 1.82) is 0 Å². The summed E-state index contributed by atoms with van der Waals surface area (Å²) in [5.74, 6) is -0.638. The number of hydrogen-bond acceptors (Lipinski definition) is 4. The molecule has 0 radical (unpaired) electrons. The fraction of sp³-hybridized carbons (Fsp3) is 0.267. The molecule has 1 N–H and O–H groups in total. The van der Waals surface area contributed by atoms with Gasteiger partial charge in [0, 0.05) is 12.7 Å². The highest BCUT2D eigenvalue weighted by Gasteiger charge is 2.21. The molecule has 0 aliphatic rings. The van der Waals surface area contributed by atoms with E-state index >= 15 is 0 Å². The third-order valence-corrected chi connectivity index (χ3v) is 3.36. The van der Waals surface area contributed by atoms with Gasteiger partial charge in [-0.3, -0.25) is 0 Å². The molecule has 20 heavy (non-hydrogen) atoms. The molecule has 0 amide bonds. The Hall–Kier alpha value is -2.43. The summed E-state index contributed by atoms with van der Waals surface area (Å²) in [4.78, 5) is 13.2. The first-order valence-corrected chi connectivity index (χ1v) is 6.29. The maximum absolute atomic E-state index is 11.5. The molecular formula is C15H17N3O2. The van der Waals surface area contributed by atoms with Crippen molar-refractivity contribution in [2.75, 3.05) is 11.9 Å². The van der Waals surface area contributed by atoms with E-state index < -0.39 is 5.97 Å². The minimum atomic E-state index is -0.991. The van der Waals surface area contributed by atoms with E-state index in [4.69, 9.17) is 0 Å². The number of hydrogen-bond donors (Lipinski definition) is 1. The lowest BCUT2D eigenvalue weighted by Gasteiger charge is -2.21. The van der Waals surface area contributed by atoms with Crippen LogP contribution >= 0.6 is 0 Å². The highest BCUT2D eigenvalue weighted by atomic mass is 16.4. The minimum absolute atomic E-state index is 0.196. The van der Waals surface area contributed by atoms with E-state index in [0.29, 0.717) is 17.1 Å². The smallest absolute Gasteiger partial charge is 0.339 e. The van der Waals surface area contributed by atoms with Crippen molar-refractivity contribution in [3.8, 4) is 0 Å². The Kier molecular flexibility index (Phi) is 3.70. The predicted octanol–water partition coefficient (Wildman–Crippen LogP) is 2.87. The second kappa shape index (κ2) is 5.28. The summed E-state index contributed by atoms with van der Waals surface area (Å²) in [6.45, 7) is 5.49. The third-order valence-electron chi connectivity index (χ3n) is 3.36. The quantitative estimate of drug-likeness (QED) is 0.929. The molecule has 0 aliphatic heterocycles. The fourth-order valence-electron chi connectivity index (χ4n) is 2.05. The van der Waals surface area contributed by atoms with Crippen LogP contribution in [0.4, 0.5) is 11.5 Å². The van der Waals surface area contributed by atoms with Crippen LogP contribution in [0.25, 0.3) is 0 Å². The highest BCUT2D eigenvalue weighted by Crippen LogP contribution is 2.27. The number of carboxylic acids is 1. The number of aryl methyl sites for hydroxylation is 2. The first kappa shape index (κ1) is 14.0. The number of benzene rings is 1. The van der Waals surface area contributed by atoms with Crippen LogP contribution in [-0.2, 0) is 0 Å². The van der Waals surface area contributed by atoms with Crippen molar-refractivity contribution < 1.29 is 9.90 Å². The molecule has 0 saturated carbocycles. The number of carboxylic acid groups (broad SMARTS) is 1. The molecule has 5 nitrogen and oxygen atoms in total. The third kappa shape index (κ3) is 2.47. The second-order valence-electron chi connectivity index (χ2n) is 4.81. The highest BCUT2D eigenvalue weighted by molar-refractivity contribution is 5.96. The summed E-state index contributed by atoms with van der Waals surface area (Å²) in [5, 5.41) is 17.5. The second-order valence-corrected chi connectivity index (χ2v) is 4.81. The van der Waals surface area contributed by atoms with E-state index in [1.165, 1.54) is 0 Å². The van der Waals surface area contributed by atoms with Gasteiger partial charge in [0.25, 0.3) is 0 Å².